The quantitative estimate of drug-likeness (QED) is 0.650. The zero-order valence-electron chi connectivity index (χ0n) is 10.0. The van der Waals surface area contributed by atoms with E-state index in [1.165, 1.54) is 6.92 Å². The van der Waals surface area contributed by atoms with Gasteiger partial charge in [-0.3, -0.25) is 9.59 Å². The zero-order valence-corrected chi connectivity index (χ0v) is 11.7. The van der Waals surface area contributed by atoms with Crippen molar-refractivity contribution < 1.29 is 18.3 Å². The molecule has 0 bridgehead atoms. The van der Waals surface area contributed by atoms with Gasteiger partial charge in [-0.1, -0.05) is 11.3 Å². The third-order valence-corrected chi connectivity index (χ3v) is 6.47. The van der Waals surface area contributed by atoms with Crippen LogP contribution < -0.4 is 10.6 Å². The van der Waals surface area contributed by atoms with Gasteiger partial charge in [0.25, 0.3) is 10.0 Å². The van der Waals surface area contributed by atoms with Gasteiger partial charge >= 0.3 is 10.8 Å². The molecular weight excluding hydrogens is 294 g/mol. The first kappa shape index (κ1) is 14.2. The molecule has 8 nitrogen and oxygen atoms in total. The standard InChI is InChI=1S/C9H13N3O5S2/c1-5-6(18-8(15)11-5)19(16,17)12-3-2-9(10,4-12)7(13)14/h2-4,10H2,1H3,(H,11,15)(H,13,14). The van der Waals surface area contributed by atoms with Crippen LogP contribution >= 0.6 is 11.3 Å². The lowest BCUT2D eigenvalue weighted by atomic mass is 10.0. The SMILES string of the molecule is Cc1[nH]c(=O)sc1S(=O)(=O)N1CCC(N)(C(=O)O)C1. The minimum atomic E-state index is -3.88. The highest BCUT2D eigenvalue weighted by Crippen LogP contribution is 2.28. The van der Waals surface area contributed by atoms with Crippen LogP contribution in [0.25, 0.3) is 0 Å². The number of aromatic amines is 1. The second-order valence-electron chi connectivity index (χ2n) is 4.48. The lowest BCUT2D eigenvalue weighted by Gasteiger charge is -2.19. The molecule has 10 heteroatoms. The molecule has 1 fully saturated rings. The molecule has 19 heavy (non-hydrogen) atoms. The normalized spacial score (nSPS) is 24.7. The molecule has 1 aliphatic rings. The lowest BCUT2D eigenvalue weighted by Crippen LogP contribution is -2.50. The summed E-state index contributed by atoms with van der Waals surface area (Å²) >= 11 is 0.588. The van der Waals surface area contributed by atoms with E-state index >= 15 is 0 Å². The van der Waals surface area contributed by atoms with Gasteiger partial charge in [0.15, 0.2) is 4.21 Å². The van der Waals surface area contributed by atoms with E-state index in [0.717, 1.165) is 4.31 Å². The van der Waals surface area contributed by atoms with Gasteiger partial charge in [-0.25, -0.2) is 8.42 Å². The number of nitrogens with one attached hydrogen (secondary N) is 1. The van der Waals surface area contributed by atoms with E-state index in [-0.39, 0.29) is 29.4 Å². The first-order chi connectivity index (χ1) is 8.67. The Hall–Kier alpha value is -1.23. The number of carboxylic acid groups (broad SMARTS) is 1. The predicted molar refractivity (Wildman–Crippen MR) is 67.6 cm³/mol. The number of hydrogen-bond acceptors (Lipinski definition) is 6. The summed E-state index contributed by atoms with van der Waals surface area (Å²) in [6.45, 7) is 1.21. The summed E-state index contributed by atoms with van der Waals surface area (Å²) in [4.78, 5) is 24.1. The van der Waals surface area contributed by atoms with Crippen molar-refractivity contribution in [3.8, 4) is 0 Å². The molecule has 2 rings (SSSR count). The van der Waals surface area contributed by atoms with Crippen LogP contribution in [0.5, 0.6) is 0 Å². The van der Waals surface area contributed by atoms with Gasteiger partial charge in [0, 0.05) is 18.8 Å². The molecule has 0 saturated carbocycles. The molecule has 0 aromatic carbocycles. The molecule has 1 aliphatic heterocycles. The number of carbonyl (C=O) groups is 1. The van der Waals surface area contributed by atoms with Crippen LogP contribution in [-0.4, -0.2) is 47.4 Å². The average Bonchev–Trinajstić information content (AvgIpc) is 2.84. The van der Waals surface area contributed by atoms with Crippen molar-refractivity contribution in [1.29, 1.82) is 0 Å². The van der Waals surface area contributed by atoms with Crippen LogP contribution in [0.15, 0.2) is 9.00 Å². The Morgan fingerprint density at radius 1 is 1.58 bits per heavy atom. The number of nitrogens with zero attached hydrogens (tertiary/aromatic N) is 1. The first-order valence-corrected chi connectivity index (χ1v) is 7.64. The van der Waals surface area contributed by atoms with Gasteiger partial charge < -0.3 is 15.8 Å². The van der Waals surface area contributed by atoms with Crippen molar-refractivity contribution in [2.24, 2.45) is 5.73 Å². The number of carboxylic acids is 1. The molecule has 106 valence electrons. The number of sulfonamides is 1. The molecule has 2 heterocycles. The summed E-state index contributed by atoms with van der Waals surface area (Å²) in [6.07, 6.45) is 0.0416. The Morgan fingerprint density at radius 2 is 2.21 bits per heavy atom. The van der Waals surface area contributed by atoms with Crippen molar-refractivity contribution in [2.45, 2.75) is 23.1 Å². The fraction of sp³-hybridized carbons (Fsp3) is 0.556. The molecule has 1 atom stereocenters. The van der Waals surface area contributed by atoms with Gasteiger partial charge in [0.1, 0.15) is 5.54 Å². The van der Waals surface area contributed by atoms with Crippen molar-refractivity contribution in [2.75, 3.05) is 13.1 Å². The Bertz CT molecular complexity index is 676. The Morgan fingerprint density at radius 3 is 2.63 bits per heavy atom. The maximum atomic E-state index is 12.3. The lowest BCUT2D eigenvalue weighted by molar-refractivity contribution is -0.142. The van der Waals surface area contributed by atoms with Crippen LogP contribution in [0.1, 0.15) is 12.1 Å². The monoisotopic (exact) mass is 307 g/mol. The maximum Gasteiger partial charge on any atom is 0.325 e. The molecule has 4 N–H and O–H groups in total. The second-order valence-corrected chi connectivity index (χ2v) is 7.59. The number of rotatable bonds is 3. The average molecular weight is 307 g/mol. The number of aliphatic carboxylic acids is 1. The maximum absolute atomic E-state index is 12.3. The number of nitrogens with two attached hydrogens (primary N) is 1. The second kappa shape index (κ2) is 4.40. The summed E-state index contributed by atoms with van der Waals surface area (Å²) in [5.74, 6) is -1.23. The topological polar surface area (TPSA) is 134 Å². The van der Waals surface area contributed by atoms with E-state index in [9.17, 15) is 18.0 Å². The molecule has 1 saturated heterocycles. The first-order valence-electron chi connectivity index (χ1n) is 5.39. The third kappa shape index (κ3) is 2.31. The molecule has 1 unspecified atom stereocenters. The highest BCUT2D eigenvalue weighted by atomic mass is 32.2. The van der Waals surface area contributed by atoms with E-state index < -0.39 is 26.4 Å². The number of aryl methyl sites for hydroxylation is 1. The molecule has 0 amide bonds. The van der Waals surface area contributed by atoms with Gasteiger partial charge in [-0.2, -0.15) is 4.31 Å². The zero-order chi connectivity index (χ0) is 14.4. The molecule has 0 radical (unpaired) electrons. The predicted octanol–water partition coefficient (Wildman–Crippen LogP) is -1.08. The minimum absolute atomic E-state index is 0.0245. The molecule has 1 aromatic rings. The van der Waals surface area contributed by atoms with Gasteiger partial charge in [-0.15, -0.1) is 0 Å². The highest BCUT2D eigenvalue weighted by Gasteiger charge is 2.46. The highest BCUT2D eigenvalue weighted by molar-refractivity contribution is 7.91. The van der Waals surface area contributed by atoms with Gasteiger partial charge in [0.2, 0.25) is 0 Å². The number of hydrogen-bond donors (Lipinski definition) is 3. The van der Waals surface area contributed by atoms with Crippen molar-refractivity contribution in [1.82, 2.24) is 9.29 Å². The van der Waals surface area contributed by atoms with Crippen molar-refractivity contribution in [3.63, 3.8) is 0 Å². The van der Waals surface area contributed by atoms with E-state index in [4.69, 9.17) is 10.8 Å². The van der Waals surface area contributed by atoms with Crippen molar-refractivity contribution >= 4 is 27.3 Å². The number of thiazole rings is 1. The summed E-state index contributed by atoms with van der Waals surface area (Å²) in [7, 11) is -3.88. The summed E-state index contributed by atoms with van der Waals surface area (Å²) in [5.41, 5.74) is 4.32. The van der Waals surface area contributed by atoms with Crippen LogP contribution in [0, 0.1) is 6.92 Å². The van der Waals surface area contributed by atoms with Crippen LogP contribution in [0.2, 0.25) is 0 Å². The summed E-state index contributed by atoms with van der Waals surface area (Å²) < 4.78 is 25.5. The molecular formula is C9H13N3O5S2. The molecule has 0 spiro atoms. The fourth-order valence-electron chi connectivity index (χ4n) is 1.93. The number of aromatic nitrogens is 1. The van der Waals surface area contributed by atoms with Crippen molar-refractivity contribution in [3.05, 3.63) is 15.4 Å². The van der Waals surface area contributed by atoms with E-state index in [0.29, 0.717) is 11.3 Å². The molecule has 1 aromatic heterocycles. The Balaban J connectivity index is 2.36. The summed E-state index contributed by atoms with van der Waals surface area (Å²) in [6, 6.07) is 0. The van der Waals surface area contributed by atoms with E-state index in [2.05, 4.69) is 4.98 Å². The van der Waals surface area contributed by atoms with E-state index in [1.54, 1.807) is 0 Å². The molecule has 0 aliphatic carbocycles. The Kier molecular flexibility index (Phi) is 3.29. The van der Waals surface area contributed by atoms with Crippen LogP contribution in [-0.2, 0) is 14.8 Å². The van der Waals surface area contributed by atoms with Gasteiger partial charge in [-0.05, 0) is 13.3 Å². The smallest absolute Gasteiger partial charge is 0.325 e. The summed E-state index contributed by atoms with van der Waals surface area (Å²) in [5, 5.41) is 8.99. The van der Waals surface area contributed by atoms with Crippen LogP contribution in [0.3, 0.4) is 0 Å². The number of H-pyrrole nitrogens is 1. The van der Waals surface area contributed by atoms with Crippen LogP contribution in [0.4, 0.5) is 0 Å². The largest absolute Gasteiger partial charge is 0.480 e. The minimum Gasteiger partial charge on any atom is -0.480 e. The van der Waals surface area contributed by atoms with E-state index in [1.807, 2.05) is 0 Å². The fourth-order valence-corrected chi connectivity index (χ4v) is 4.88. The van der Waals surface area contributed by atoms with Gasteiger partial charge in [0.05, 0.1) is 0 Å². The Labute approximate surface area is 112 Å². The third-order valence-electron chi connectivity index (χ3n) is 3.05.